The Labute approximate surface area is 179 Å². The molecular formula is C21H29F3N2O5. The molecule has 1 aromatic rings. The number of alkyl halides is 3. The van der Waals surface area contributed by atoms with Crippen molar-refractivity contribution in [1.82, 2.24) is 10.6 Å². The summed E-state index contributed by atoms with van der Waals surface area (Å²) in [7, 11) is 1.61. The molecule has 31 heavy (non-hydrogen) atoms. The van der Waals surface area contributed by atoms with Crippen molar-refractivity contribution in [2.24, 2.45) is 5.92 Å². The van der Waals surface area contributed by atoms with Gasteiger partial charge in [0, 0.05) is 32.2 Å². The van der Waals surface area contributed by atoms with E-state index in [-0.39, 0.29) is 36.3 Å². The summed E-state index contributed by atoms with van der Waals surface area (Å²) in [5.74, 6) is -0.495. The van der Waals surface area contributed by atoms with Crippen LogP contribution in [0.1, 0.15) is 43.2 Å². The smallest absolute Gasteiger partial charge is 0.416 e. The minimum absolute atomic E-state index is 0.0139. The third-order valence-electron chi connectivity index (χ3n) is 4.96. The molecule has 1 saturated carbocycles. The van der Waals surface area contributed by atoms with Gasteiger partial charge < -0.3 is 20.5 Å². The van der Waals surface area contributed by atoms with E-state index in [1.807, 2.05) is 0 Å². The van der Waals surface area contributed by atoms with Crippen LogP contribution in [-0.4, -0.2) is 49.7 Å². The molecule has 0 atom stereocenters. The first-order valence-corrected chi connectivity index (χ1v) is 10.0. The molecule has 1 aliphatic rings. The Morgan fingerprint density at radius 1 is 1.19 bits per heavy atom. The summed E-state index contributed by atoms with van der Waals surface area (Å²) in [5, 5.41) is 12.6. The molecule has 2 amide bonds. The fourth-order valence-corrected chi connectivity index (χ4v) is 3.48. The highest BCUT2D eigenvalue weighted by molar-refractivity contribution is 5.80. The molecule has 0 aromatic heterocycles. The molecule has 7 nitrogen and oxygen atoms in total. The molecule has 1 aromatic carbocycles. The Kier molecular flexibility index (Phi) is 11.6. The number of carbonyl (C=O) groups excluding carboxylic acids is 2. The summed E-state index contributed by atoms with van der Waals surface area (Å²) < 4.78 is 44.0. The van der Waals surface area contributed by atoms with Gasteiger partial charge in [-0.25, -0.2) is 0 Å². The highest BCUT2D eigenvalue weighted by Gasteiger charge is 2.33. The molecule has 0 saturated heterocycles. The first kappa shape index (κ1) is 26.4. The van der Waals surface area contributed by atoms with E-state index >= 15 is 0 Å². The molecule has 2 rings (SSSR count). The number of benzene rings is 1. The zero-order chi connectivity index (χ0) is 23.3. The van der Waals surface area contributed by atoms with Crippen molar-refractivity contribution >= 4 is 18.3 Å². The van der Waals surface area contributed by atoms with Crippen LogP contribution >= 0.6 is 0 Å². The number of hydrogen-bond acceptors (Lipinski definition) is 4. The molecular weight excluding hydrogens is 417 g/mol. The van der Waals surface area contributed by atoms with E-state index in [0.717, 1.165) is 12.5 Å². The molecule has 0 heterocycles. The van der Waals surface area contributed by atoms with E-state index in [4.69, 9.17) is 14.6 Å². The molecule has 0 spiro atoms. The fraction of sp³-hybridized carbons (Fsp3) is 0.571. The number of carboxylic acid groups (broad SMARTS) is 1. The molecule has 1 aliphatic carbocycles. The fourth-order valence-electron chi connectivity index (χ4n) is 3.48. The number of nitrogens with one attached hydrogen (secondary N) is 2. The summed E-state index contributed by atoms with van der Waals surface area (Å²) in [6.45, 7) is 0.915. The van der Waals surface area contributed by atoms with Gasteiger partial charge in [0.25, 0.3) is 6.47 Å². The number of halogens is 3. The van der Waals surface area contributed by atoms with Crippen LogP contribution in [0.25, 0.3) is 0 Å². The summed E-state index contributed by atoms with van der Waals surface area (Å²) in [6, 6.07) is 5.01. The predicted molar refractivity (Wildman–Crippen MR) is 107 cm³/mol. The van der Waals surface area contributed by atoms with Crippen molar-refractivity contribution < 1.29 is 37.4 Å². The Bertz CT molecular complexity index is 705. The first-order chi connectivity index (χ1) is 14.7. The van der Waals surface area contributed by atoms with E-state index in [2.05, 4.69) is 10.6 Å². The topological polar surface area (TPSA) is 105 Å². The SMILES string of the molecule is COCCCNC(=O)C1CCC(NC(=O)Cc2ccccc2C(F)(F)F)CC1.O=CO. The van der Waals surface area contributed by atoms with Crippen molar-refractivity contribution in [1.29, 1.82) is 0 Å². The summed E-state index contributed by atoms with van der Waals surface area (Å²) in [5.41, 5.74) is -0.810. The van der Waals surface area contributed by atoms with E-state index in [9.17, 15) is 22.8 Å². The number of hydrogen-bond donors (Lipinski definition) is 3. The molecule has 0 unspecified atom stereocenters. The average Bonchev–Trinajstić information content (AvgIpc) is 2.72. The van der Waals surface area contributed by atoms with Crippen LogP contribution in [-0.2, 0) is 31.7 Å². The van der Waals surface area contributed by atoms with Crippen LogP contribution in [0.2, 0.25) is 0 Å². The molecule has 0 radical (unpaired) electrons. The number of amides is 2. The van der Waals surface area contributed by atoms with Crippen LogP contribution in [0.15, 0.2) is 24.3 Å². The second-order valence-electron chi connectivity index (χ2n) is 7.19. The van der Waals surface area contributed by atoms with Gasteiger partial charge >= 0.3 is 6.18 Å². The summed E-state index contributed by atoms with van der Waals surface area (Å²) >= 11 is 0. The minimum atomic E-state index is -4.48. The monoisotopic (exact) mass is 446 g/mol. The molecule has 0 aliphatic heterocycles. The first-order valence-electron chi connectivity index (χ1n) is 10.0. The lowest BCUT2D eigenvalue weighted by Gasteiger charge is -2.28. The number of ether oxygens (including phenoxy) is 1. The second-order valence-corrected chi connectivity index (χ2v) is 7.19. The average molecular weight is 446 g/mol. The third-order valence-corrected chi connectivity index (χ3v) is 4.96. The van der Waals surface area contributed by atoms with Crippen LogP contribution in [0.3, 0.4) is 0 Å². The van der Waals surface area contributed by atoms with Gasteiger partial charge in [0.2, 0.25) is 11.8 Å². The van der Waals surface area contributed by atoms with Gasteiger partial charge in [-0.05, 0) is 43.7 Å². The lowest BCUT2D eigenvalue weighted by atomic mass is 9.85. The van der Waals surface area contributed by atoms with E-state index in [1.165, 1.54) is 18.2 Å². The van der Waals surface area contributed by atoms with Crippen LogP contribution < -0.4 is 10.6 Å². The van der Waals surface area contributed by atoms with Crippen molar-refractivity contribution in [2.75, 3.05) is 20.3 Å². The Hall–Kier alpha value is -2.62. The quantitative estimate of drug-likeness (QED) is 0.421. The van der Waals surface area contributed by atoms with Crippen molar-refractivity contribution in [2.45, 2.75) is 50.7 Å². The van der Waals surface area contributed by atoms with Gasteiger partial charge in [0.05, 0.1) is 12.0 Å². The van der Waals surface area contributed by atoms with Crippen molar-refractivity contribution in [3.05, 3.63) is 35.4 Å². The van der Waals surface area contributed by atoms with Crippen molar-refractivity contribution in [3.63, 3.8) is 0 Å². The second kappa shape index (κ2) is 13.6. The van der Waals surface area contributed by atoms with Gasteiger partial charge in [0.15, 0.2) is 0 Å². The zero-order valence-corrected chi connectivity index (χ0v) is 17.4. The predicted octanol–water partition coefficient (Wildman–Crippen LogP) is 2.78. The number of carbonyl (C=O) groups is 3. The van der Waals surface area contributed by atoms with Crippen LogP contribution in [0.4, 0.5) is 13.2 Å². The highest BCUT2D eigenvalue weighted by atomic mass is 19.4. The van der Waals surface area contributed by atoms with Gasteiger partial charge in [-0.1, -0.05) is 18.2 Å². The number of methoxy groups -OCH3 is 1. The maximum Gasteiger partial charge on any atom is 0.416 e. The number of rotatable bonds is 8. The molecule has 3 N–H and O–H groups in total. The molecule has 1 fully saturated rings. The Balaban J connectivity index is 0.00000151. The normalized spacial score (nSPS) is 18.3. The van der Waals surface area contributed by atoms with E-state index in [0.29, 0.717) is 38.8 Å². The molecule has 174 valence electrons. The van der Waals surface area contributed by atoms with E-state index < -0.39 is 17.6 Å². The summed E-state index contributed by atoms with van der Waals surface area (Å²) in [6.07, 6.45) is -1.44. The molecule has 10 heteroatoms. The van der Waals surface area contributed by atoms with Crippen LogP contribution in [0, 0.1) is 5.92 Å². The maximum absolute atomic E-state index is 13.0. The highest BCUT2D eigenvalue weighted by Crippen LogP contribution is 2.32. The lowest BCUT2D eigenvalue weighted by molar-refractivity contribution is -0.138. The van der Waals surface area contributed by atoms with Crippen LogP contribution in [0.5, 0.6) is 0 Å². The maximum atomic E-state index is 13.0. The standard InChI is InChI=1S/C20H27F3N2O3.CH2O2/c1-28-12-4-11-24-19(27)14-7-9-16(10-8-14)25-18(26)13-15-5-2-3-6-17(15)20(21,22)23;2-1-3/h2-3,5-6,14,16H,4,7-13H2,1H3,(H,24,27)(H,25,26);1H,(H,2,3). The largest absolute Gasteiger partial charge is 0.483 e. The van der Waals surface area contributed by atoms with Gasteiger partial charge in [-0.2, -0.15) is 13.2 Å². The third kappa shape index (κ3) is 9.82. The van der Waals surface area contributed by atoms with Gasteiger partial charge in [0.1, 0.15) is 0 Å². The minimum Gasteiger partial charge on any atom is -0.483 e. The Morgan fingerprint density at radius 3 is 2.39 bits per heavy atom. The summed E-state index contributed by atoms with van der Waals surface area (Å²) in [4.78, 5) is 32.7. The zero-order valence-electron chi connectivity index (χ0n) is 17.4. The van der Waals surface area contributed by atoms with Gasteiger partial charge in [-0.3, -0.25) is 14.4 Å². The van der Waals surface area contributed by atoms with Gasteiger partial charge in [-0.15, -0.1) is 0 Å². The Morgan fingerprint density at radius 2 is 1.81 bits per heavy atom. The van der Waals surface area contributed by atoms with Crippen molar-refractivity contribution in [3.8, 4) is 0 Å². The van der Waals surface area contributed by atoms with E-state index in [1.54, 1.807) is 7.11 Å². The lowest BCUT2D eigenvalue weighted by Crippen LogP contribution is -2.41. The molecule has 0 bridgehead atoms.